The molecule has 0 aliphatic heterocycles. The highest BCUT2D eigenvalue weighted by molar-refractivity contribution is 7.47. The van der Waals surface area contributed by atoms with Crippen molar-refractivity contribution in [2.75, 3.05) is 47.5 Å². The second-order valence-electron chi connectivity index (χ2n) is 15.4. The molecule has 10 heteroatoms. The number of phosphoric ester groups is 1. The van der Waals surface area contributed by atoms with Gasteiger partial charge in [-0.05, 0) is 64.2 Å². The van der Waals surface area contributed by atoms with Crippen LogP contribution in [-0.4, -0.2) is 74.9 Å². The fourth-order valence-corrected chi connectivity index (χ4v) is 6.33. The Morgan fingerprint density at radius 1 is 0.577 bits per heavy atom. The van der Waals surface area contributed by atoms with Gasteiger partial charge in [0.05, 0.1) is 27.7 Å². The topological polar surface area (TPSA) is 108 Å². The highest BCUT2D eigenvalue weighted by atomic mass is 31.2. The van der Waals surface area contributed by atoms with Crippen molar-refractivity contribution in [2.24, 2.45) is 0 Å². The number of carbonyl (C=O) groups excluding carboxylic acids is 2. The molecule has 0 aromatic heterocycles. The summed E-state index contributed by atoms with van der Waals surface area (Å²) in [6.45, 7) is 4.38. The van der Waals surface area contributed by atoms with E-state index in [0.717, 1.165) is 70.6 Å². The van der Waals surface area contributed by atoms with Crippen molar-refractivity contribution >= 4 is 19.8 Å². The SMILES string of the molecule is CCCCCCC/C=C/CCCCCCCC(=O)OCC(COP(=O)(O)OCC[N+](C)(C)C)OC(=O)CCCCCCC/C=C/CCCCCCC. The Bertz CT molecular complexity index is 949. The number of quaternary nitrogens is 1. The zero-order valence-electron chi connectivity index (χ0n) is 34.3. The average Bonchev–Trinajstić information content (AvgIpc) is 3.09. The van der Waals surface area contributed by atoms with Gasteiger partial charge in [0.25, 0.3) is 0 Å². The third-order valence-corrected chi connectivity index (χ3v) is 9.94. The van der Waals surface area contributed by atoms with E-state index in [1.807, 2.05) is 21.1 Å². The summed E-state index contributed by atoms with van der Waals surface area (Å²) < 4.78 is 34.2. The van der Waals surface area contributed by atoms with Crippen LogP contribution in [-0.2, 0) is 32.7 Å². The fraction of sp³-hybridized carbons (Fsp3) is 0.857. The molecule has 0 amide bonds. The Labute approximate surface area is 319 Å². The Morgan fingerprint density at radius 3 is 1.42 bits per heavy atom. The molecule has 1 N–H and O–H groups in total. The quantitative estimate of drug-likeness (QED) is 0.0218. The van der Waals surface area contributed by atoms with Crippen molar-refractivity contribution in [3.63, 3.8) is 0 Å². The summed E-state index contributed by atoms with van der Waals surface area (Å²) in [4.78, 5) is 35.3. The van der Waals surface area contributed by atoms with Crippen molar-refractivity contribution in [2.45, 2.75) is 187 Å². The molecule has 0 aromatic carbocycles. The van der Waals surface area contributed by atoms with Crippen molar-refractivity contribution in [1.29, 1.82) is 0 Å². The van der Waals surface area contributed by atoms with Crippen LogP contribution in [0.25, 0.3) is 0 Å². The first-order valence-corrected chi connectivity index (χ1v) is 22.6. The highest BCUT2D eigenvalue weighted by Gasteiger charge is 2.27. The number of phosphoric acid groups is 1. The van der Waals surface area contributed by atoms with Crippen LogP contribution in [0.5, 0.6) is 0 Å². The number of unbranched alkanes of at least 4 members (excludes halogenated alkanes) is 20. The lowest BCUT2D eigenvalue weighted by atomic mass is 10.1. The predicted molar refractivity (Wildman–Crippen MR) is 215 cm³/mol. The number of rotatable bonds is 38. The van der Waals surface area contributed by atoms with E-state index in [-0.39, 0.29) is 32.0 Å². The first-order chi connectivity index (χ1) is 25.0. The molecule has 9 nitrogen and oxygen atoms in total. The molecular formula is C42H81NO8P+. The van der Waals surface area contributed by atoms with Gasteiger partial charge in [-0.3, -0.25) is 18.6 Å². The molecule has 52 heavy (non-hydrogen) atoms. The Balaban J connectivity index is 4.41. The smallest absolute Gasteiger partial charge is 0.462 e. The van der Waals surface area contributed by atoms with Gasteiger partial charge in [0.15, 0.2) is 6.10 Å². The zero-order chi connectivity index (χ0) is 38.6. The summed E-state index contributed by atoms with van der Waals surface area (Å²) in [5.74, 6) is -0.817. The number of allylic oxidation sites excluding steroid dienone is 4. The first kappa shape index (κ1) is 50.5. The fourth-order valence-electron chi connectivity index (χ4n) is 5.59. The highest BCUT2D eigenvalue weighted by Crippen LogP contribution is 2.43. The second kappa shape index (κ2) is 35.2. The standard InChI is InChI=1S/C42H80NO8P/c1-6-8-10-12-14-16-18-20-22-24-26-28-30-32-34-41(44)48-38-40(39-50-52(46,47)49-37-36-43(3,4)5)51-42(45)35-33-31-29-27-25-23-21-19-17-15-13-11-9-7-2/h18-21,40H,6-17,22-39H2,1-5H3/p+1/b20-18+,21-19+. The summed E-state index contributed by atoms with van der Waals surface area (Å²) in [5, 5.41) is 0. The van der Waals surface area contributed by atoms with Crippen LogP contribution in [0.2, 0.25) is 0 Å². The van der Waals surface area contributed by atoms with Crippen LogP contribution in [0.15, 0.2) is 24.3 Å². The second-order valence-corrected chi connectivity index (χ2v) is 16.8. The molecule has 0 spiro atoms. The van der Waals surface area contributed by atoms with Crippen molar-refractivity contribution in [1.82, 2.24) is 0 Å². The number of hydrogen-bond acceptors (Lipinski definition) is 7. The van der Waals surface area contributed by atoms with Crippen LogP contribution < -0.4 is 0 Å². The molecule has 0 aromatic rings. The molecular weight excluding hydrogens is 677 g/mol. The van der Waals surface area contributed by atoms with E-state index in [1.165, 1.54) is 77.0 Å². The van der Waals surface area contributed by atoms with E-state index < -0.39 is 26.5 Å². The van der Waals surface area contributed by atoms with Crippen LogP contribution in [0.1, 0.15) is 181 Å². The summed E-state index contributed by atoms with van der Waals surface area (Å²) in [7, 11) is 1.47. The predicted octanol–water partition coefficient (Wildman–Crippen LogP) is 11.6. The number of ether oxygens (including phenoxy) is 2. The molecule has 0 saturated carbocycles. The molecule has 2 unspecified atom stereocenters. The van der Waals surface area contributed by atoms with Gasteiger partial charge in [-0.25, -0.2) is 4.57 Å². The van der Waals surface area contributed by atoms with Gasteiger partial charge >= 0.3 is 19.8 Å². The Morgan fingerprint density at radius 2 is 0.981 bits per heavy atom. The molecule has 0 aliphatic rings. The van der Waals surface area contributed by atoms with Crippen LogP contribution >= 0.6 is 7.82 Å². The summed E-state index contributed by atoms with van der Waals surface area (Å²) in [6.07, 6.45) is 36.5. The van der Waals surface area contributed by atoms with Crippen molar-refractivity contribution in [3.05, 3.63) is 24.3 Å². The van der Waals surface area contributed by atoms with E-state index in [9.17, 15) is 19.0 Å². The van der Waals surface area contributed by atoms with Crippen molar-refractivity contribution < 1.29 is 42.1 Å². The number of esters is 2. The van der Waals surface area contributed by atoms with Gasteiger partial charge in [0, 0.05) is 12.8 Å². The van der Waals surface area contributed by atoms with E-state index in [2.05, 4.69) is 38.2 Å². The van der Waals surface area contributed by atoms with Crippen molar-refractivity contribution in [3.8, 4) is 0 Å². The van der Waals surface area contributed by atoms with Gasteiger partial charge in [-0.15, -0.1) is 0 Å². The normalized spacial score (nSPS) is 13.9. The van der Waals surface area contributed by atoms with E-state index >= 15 is 0 Å². The molecule has 0 heterocycles. The monoisotopic (exact) mass is 759 g/mol. The van der Waals surface area contributed by atoms with E-state index in [0.29, 0.717) is 17.4 Å². The molecule has 0 bridgehead atoms. The minimum atomic E-state index is -4.37. The lowest BCUT2D eigenvalue weighted by Gasteiger charge is -2.24. The molecule has 2 atom stereocenters. The van der Waals surface area contributed by atoms with Gasteiger partial charge < -0.3 is 18.9 Å². The molecule has 0 rings (SSSR count). The minimum absolute atomic E-state index is 0.0298. The maximum Gasteiger partial charge on any atom is 0.472 e. The van der Waals surface area contributed by atoms with Crippen LogP contribution in [0.3, 0.4) is 0 Å². The summed E-state index contributed by atoms with van der Waals surface area (Å²) in [6, 6.07) is 0. The van der Waals surface area contributed by atoms with Gasteiger partial charge in [0.2, 0.25) is 0 Å². The lowest BCUT2D eigenvalue weighted by molar-refractivity contribution is -0.870. The number of carbonyl (C=O) groups is 2. The largest absolute Gasteiger partial charge is 0.472 e. The number of nitrogens with zero attached hydrogens (tertiary/aromatic N) is 1. The molecule has 0 aliphatic carbocycles. The zero-order valence-corrected chi connectivity index (χ0v) is 35.2. The summed E-state index contributed by atoms with van der Waals surface area (Å²) in [5.41, 5.74) is 0. The molecule has 0 fully saturated rings. The van der Waals surface area contributed by atoms with E-state index in [1.54, 1.807) is 0 Å². The minimum Gasteiger partial charge on any atom is -0.462 e. The van der Waals surface area contributed by atoms with Gasteiger partial charge in [0.1, 0.15) is 19.8 Å². The van der Waals surface area contributed by atoms with Gasteiger partial charge in [-0.2, -0.15) is 0 Å². The molecule has 0 radical (unpaired) electrons. The third kappa shape index (κ3) is 38.2. The van der Waals surface area contributed by atoms with Crippen LogP contribution in [0, 0.1) is 0 Å². The maximum absolute atomic E-state index is 12.6. The van der Waals surface area contributed by atoms with E-state index in [4.69, 9.17) is 18.5 Å². The molecule has 0 saturated heterocycles. The van der Waals surface area contributed by atoms with Crippen LogP contribution in [0.4, 0.5) is 0 Å². The lowest BCUT2D eigenvalue weighted by Crippen LogP contribution is -2.37. The average molecular weight is 759 g/mol. The Hall–Kier alpha value is -1.51. The van der Waals surface area contributed by atoms with Gasteiger partial charge in [-0.1, -0.05) is 128 Å². The number of likely N-dealkylation sites (N-methyl/N-ethyl adjacent to an activating group) is 1. The Kier molecular flexibility index (Phi) is 34.2. The number of hydrogen-bond donors (Lipinski definition) is 1. The maximum atomic E-state index is 12.6. The molecule has 306 valence electrons. The third-order valence-electron chi connectivity index (χ3n) is 8.95. The first-order valence-electron chi connectivity index (χ1n) is 21.1. The summed E-state index contributed by atoms with van der Waals surface area (Å²) >= 11 is 0.